The Hall–Kier alpha value is -2.63. The molecule has 2 aromatic heterocycles. The van der Waals surface area contributed by atoms with Crippen molar-refractivity contribution in [2.24, 2.45) is 13.0 Å². The number of aromatic nitrogens is 4. The maximum absolute atomic E-state index is 11.7. The van der Waals surface area contributed by atoms with Crippen LogP contribution in [-0.2, 0) is 11.8 Å². The van der Waals surface area contributed by atoms with Crippen molar-refractivity contribution in [2.75, 3.05) is 0 Å². The summed E-state index contributed by atoms with van der Waals surface area (Å²) in [7, 11) is 1.95. The van der Waals surface area contributed by atoms with Crippen LogP contribution in [0.15, 0.2) is 24.5 Å². The molecule has 0 bridgehead atoms. The van der Waals surface area contributed by atoms with Gasteiger partial charge in [0.15, 0.2) is 0 Å². The number of ketones is 1. The second kappa shape index (κ2) is 7.08. The third-order valence-corrected chi connectivity index (χ3v) is 5.91. The molecule has 6 heteroatoms. The Morgan fingerprint density at radius 3 is 2.64 bits per heavy atom. The second-order valence-electron chi connectivity index (χ2n) is 8.24. The molecule has 1 aliphatic carbocycles. The molecule has 0 spiro atoms. The lowest BCUT2D eigenvalue weighted by Gasteiger charge is -2.21. The van der Waals surface area contributed by atoms with Gasteiger partial charge in [0.2, 0.25) is 0 Å². The minimum atomic E-state index is -0.0112. The molecule has 0 saturated heterocycles. The predicted octanol–water partition coefficient (Wildman–Crippen LogP) is 4.46. The summed E-state index contributed by atoms with van der Waals surface area (Å²) in [6.45, 7) is 8.36. The van der Waals surface area contributed by atoms with E-state index in [-0.39, 0.29) is 12.0 Å². The van der Waals surface area contributed by atoms with Gasteiger partial charge in [-0.25, -0.2) is 0 Å². The number of hydrogen-bond donors (Lipinski definition) is 0. The summed E-state index contributed by atoms with van der Waals surface area (Å²) < 4.78 is 10.3. The van der Waals surface area contributed by atoms with Gasteiger partial charge < -0.3 is 4.74 Å². The van der Waals surface area contributed by atoms with Gasteiger partial charge in [-0.1, -0.05) is 0 Å². The molecule has 2 atom stereocenters. The van der Waals surface area contributed by atoms with Crippen molar-refractivity contribution < 1.29 is 9.53 Å². The zero-order chi connectivity index (χ0) is 20.0. The highest BCUT2D eigenvalue weighted by atomic mass is 16.5. The van der Waals surface area contributed by atoms with Gasteiger partial charge in [0.05, 0.1) is 23.2 Å². The Bertz CT molecular complexity index is 1030. The Morgan fingerprint density at radius 2 is 2.00 bits per heavy atom. The summed E-state index contributed by atoms with van der Waals surface area (Å²) >= 11 is 0. The van der Waals surface area contributed by atoms with E-state index in [0.29, 0.717) is 24.7 Å². The Kier molecular flexibility index (Phi) is 4.73. The minimum Gasteiger partial charge on any atom is -0.490 e. The number of rotatable bonds is 5. The molecule has 0 amide bonds. The van der Waals surface area contributed by atoms with Crippen LogP contribution in [0.5, 0.6) is 5.75 Å². The highest BCUT2D eigenvalue weighted by Crippen LogP contribution is 2.36. The molecule has 0 radical (unpaired) electrons. The molecule has 3 aromatic rings. The predicted molar refractivity (Wildman–Crippen MR) is 109 cm³/mol. The molecule has 1 aromatic carbocycles. The lowest BCUT2D eigenvalue weighted by Crippen LogP contribution is -2.22. The molecule has 0 aliphatic heterocycles. The standard InChI is InChI=1S/C22H28N4O2/c1-13(2)26-12-18(11-23-26)17-9-20-22(14(3)25(5)24-20)21(10-17)28-15(4)16-6-7-19(27)8-16/h9-13,15-16H,6-8H2,1-5H3/t15-,16+/m1/s1. The van der Waals surface area contributed by atoms with E-state index in [4.69, 9.17) is 4.74 Å². The first kappa shape index (κ1) is 18.7. The van der Waals surface area contributed by atoms with Crippen molar-refractivity contribution in [2.45, 2.75) is 59.1 Å². The van der Waals surface area contributed by atoms with Crippen LogP contribution in [0.25, 0.3) is 22.0 Å². The minimum absolute atomic E-state index is 0.0112. The Labute approximate surface area is 165 Å². The van der Waals surface area contributed by atoms with Crippen LogP contribution in [-0.4, -0.2) is 31.4 Å². The quantitative estimate of drug-likeness (QED) is 0.655. The number of ether oxygens (including phenoxy) is 1. The van der Waals surface area contributed by atoms with Crippen molar-refractivity contribution in [3.63, 3.8) is 0 Å². The number of fused-ring (bicyclic) bond motifs is 1. The van der Waals surface area contributed by atoms with E-state index in [1.807, 2.05) is 22.6 Å². The summed E-state index contributed by atoms with van der Waals surface area (Å²) in [5.74, 6) is 1.46. The average molecular weight is 380 g/mol. The van der Waals surface area contributed by atoms with Gasteiger partial charge in [0.25, 0.3) is 0 Å². The fraction of sp³-hybridized carbons (Fsp3) is 0.500. The SMILES string of the molecule is Cc1c2c(O[C@H](C)[C@H]3CCC(=O)C3)cc(-c3cnn(C(C)C)c3)cc2nn1C. The van der Waals surface area contributed by atoms with E-state index < -0.39 is 0 Å². The smallest absolute Gasteiger partial charge is 0.133 e. The number of Topliss-reactive ketones (excluding diaryl/α,β-unsaturated/α-hetero) is 1. The molecule has 1 saturated carbocycles. The van der Waals surface area contributed by atoms with E-state index in [9.17, 15) is 4.79 Å². The maximum atomic E-state index is 11.7. The highest BCUT2D eigenvalue weighted by molar-refractivity contribution is 5.92. The fourth-order valence-electron chi connectivity index (χ4n) is 4.01. The monoisotopic (exact) mass is 380 g/mol. The summed E-state index contributed by atoms with van der Waals surface area (Å²) in [4.78, 5) is 11.7. The van der Waals surface area contributed by atoms with Gasteiger partial charge in [-0.15, -0.1) is 0 Å². The first-order chi connectivity index (χ1) is 13.3. The van der Waals surface area contributed by atoms with Crippen LogP contribution in [0, 0.1) is 12.8 Å². The molecule has 0 unspecified atom stereocenters. The third-order valence-electron chi connectivity index (χ3n) is 5.91. The third kappa shape index (κ3) is 3.32. The molecule has 4 rings (SSSR count). The van der Waals surface area contributed by atoms with E-state index in [2.05, 4.69) is 56.2 Å². The summed E-state index contributed by atoms with van der Waals surface area (Å²) in [6, 6.07) is 4.50. The van der Waals surface area contributed by atoms with Crippen molar-refractivity contribution >= 4 is 16.7 Å². The van der Waals surface area contributed by atoms with E-state index in [1.54, 1.807) is 0 Å². The molecule has 1 aliphatic rings. The number of carbonyl (C=O) groups is 1. The van der Waals surface area contributed by atoms with Crippen molar-refractivity contribution in [3.05, 3.63) is 30.2 Å². The second-order valence-corrected chi connectivity index (χ2v) is 8.24. The zero-order valence-electron chi connectivity index (χ0n) is 17.3. The van der Waals surface area contributed by atoms with E-state index >= 15 is 0 Å². The van der Waals surface area contributed by atoms with E-state index in [0.717, 1.165) is 39.9 Å². The van der Waals surface area contributed by atoms with Crippen LogP contribution < -0.4 is 4.74 Å². The molecule has 148 valence electrons. The van der Waals surface area contributed by atoms with Gasteiger partial charge >= 0.3 is 0 Å². The molecule has 2 heterocycles. The lowest BCUT2D eigenvalue weighted by molar-refractivity contribution is -0.117. The average Bonchev–Trinajstić information content (AvgIpc) is 3.35. The number of aryl methyl sites for hydroxylation is 2. The number of benzene rings is 1. The van der Waals surface area contributed by atoms with Crippen molar-refractivity contribution in [3.8, 4) is 16.9 Å². The number of carbonyl (C=O) groups excluding carboxylic acids is 1. The van der Waals surface area contributed by atoms with Crippen LogP contribution in [0.3, 0.4) is 0 Å². The topological polar surface area (TPSA) is 61.9 Å². The molecular formula is C22H28N4O2. The summed E-state index contributed by atoms with van der Waals surface area (Å²) in [6.07, 6.45) is 6.15. The molecular weight excluding hydrogens is 352 g/mol. The zero-order valence-corrected chi connectivity index (χ0v) is 17.3. The molecule has 28 heavy (non-hydrogen) atoms. The van der Waals surface area contributed by atoms with Gasteiger partial charge in [-0.05, 0) is 51.8 Å². The number of nitrogens with zero attached hydrogens (tertiary/aromatic N) is 4. The maximum Gasteiger partial charge on any atom is 0.133 e. The van der Waals surface area contributed by atoms with Crippen LogP contribution in [0.1, 0.15) is 51.8 Å². The first-order valence-corrected chi connectivity index (χ1v) is 10.0. The molecule has 6 nitrogen and oxygen atoms in total. The van der Waals surface area contributed by atoms with E-state index in [1.165, 1.54) is 0 Å². The summed E-state index contributed by atoms with van der Waals surface area (Å²) in [5, 5.41) is 10.2. The van der Waals surface area contributed by atoms with Crippen molar-refractivity contribution in [1.29, 1.82) is 0 Å². The first-order valence-electron chi connectivity index (χ1n) is 10.0. The van der Waals surface area contributed by atoms with Gasteiger partial charge in [0.1, 0.15) is 11.5 Å². The Morgan fingerprint density at radius 1 is 1.21 bits per heavy atom. The van der Waals surface area contributed by atoms with Crippen LogP contribution >= 0.6 is 0 Å². The van der Waals surface area contributed by atoms with Gasteiger partial charge in [-0.2, -0.15) is 10.2 Å². The number of hydrogen-bond acceptors (Lipinski definition) is 4. The molecule has 1 fully saturated rings. The van der Waals surface area contributed by atoms with Crippen molar-refractivity contribution in [1.82, 2.24) is 19.6 Å². The van der Waals surface area contributed by atoms with Gasteiger partial charge in [-0.3, -0.25) is 14.2 Å². The summed E-state index contributed by atoms with van der Waals surface area (Å²) in [5.41, 5.74) is 4.08. The normalized spacial score (nSPS) is 18.4. The lowest BCUT2D eigenvalue weighted by atomic mass is 10.0. The fourth-order valence-corrected chi connectivity index (χ4v) is 4.01. The Balaban J connectivity index is 1.75. The van der Waals surface area contributed by atoms with Crippen LogP contribution in [0.2, 0.25) is 0 Å². The highest BCUT2D eigenvalue weighted by Gasteiger charge is 2.29. The van der Waals surface area contributed by atoms with Gasteiger partial charge in [0, 0.05) is 49.3 Å². The largest absolute Gasteiger partial charge is 0.490 e. The van der Waals surface area contributed by atoms with Crippen LogP contribution in [0.4, 0.5) is 0 Å². The molecule has 0 N–H and O–H groups in total.